The van der Waals surface area contributed by atoms with Crippen LogP contribution in [0.4, 0.5) is 0 Å². The number of nitrogens with one attached hydrogen (secondary N) is 2. The van der Waals surface area contributed by atoms with Crippen LogP contribution in [0.1, 0.15) is 39.7 Å². The van der Waals surface area contributed by atoms with Gasteiger partial charge < -0.3 is 10.6 Å². The van der Waals surface area contributed by atoms with E-state index in [0.717, 1.165) is 24.9 Å². The van der Waals surface area contributed by atoms with Crippen molar-refractivity contribution in [1.29, 1.82) is 0 Å². The molecule has 134 valence electrons. The van der Waals surface area contributed by atoms with Crippen molar-refractivity contribution in [2.24, 2.45) is 5.92 Å². The van der Waals surface area contributed by atoms with E-state index in [1.165, 1.54) is 4.80 Å². The first-order chi connectivity index (χ1) is 12.1. The molecule has 0 bridgehead atoms. The van der Waals surface area contributed by atoms with Crippen molar-refractivity contribution in [2.45, 2.75) is 51.7 Å². The van der Waals surface area contributed by atoms with Gasteiger partial charge in [-0.15, -0.1) is 10.2 Å². The van der Waals surface area contributed by atoms with Gasteiger partial charge in [-0.1, -0.05) is 44.2 Å². The van der Waals surface area contributed by atoms with Crippen LogP contribution in [0.15, 0.2) is 30.3 Å². The summed E-state index contributed by atoms with van der Waals surface area (Å²) in [5.41, 5.74) is 0.891. The number of benzene rings is 1. The van der Waals surface area contributed by atoms with E-state index >= 15 is 0 Å². The zero-order chi connectivity index (χ0) is 17.8. The van der Waals surface area contributed by atoms with E-state index in [9.17, 15) is 4.79 Å². The maximum atomic E-state index is 12.9. The van der Waals surface area contributed by atoms with Crippen LogP contribution in [0.2, 0.25) is 0 Å². The van der Waals surface area contributed by atoms with Crippen molar-refractivity contribution in [1.82, 2.24) is 30.8 Å². The number of rotatable bonds is 5. The molecule has 1 aromatic carbocycles. The molecule has 2 aromatic rings. The predicted octanol–water partition coefficient (Wildman–Crippen LogP) is 1.79. The molecule has 1 saturated heterocycles. The molecule has 7 nitrogen and oxygen atoms in total. The summed E-state index contributed by atoms with van der Waals surface area (Å²) in [7, 11) is 0. The van der Waals surface area contributed by atoms with Crippen molar-refractivity contribution < 1.29 is 4.79 Å². The van der Waals surface area contributed by atoms with Gasteiger partial charge in [-0.3, -0.25) is 4.79 Å². The van der Waals surface area contributed by atoms with Crippen LogP contribution in [-0.2, 0) is 4.79 Å². The van der Waals surface area contributed by atoms with Gasteiger partial charge in [-0.2, -0.15) is 4.80 Å². The van der Waals surface area contributed by atoms with Gasteiger partial charge in [0, 0.05) is 17.6 Å². The van der Waals surface area contributed by atoms with E-state index < -0.39 is 6.04 Å². The molecule has 7 heteroatoms. The van der Waals surface area contributed by atoms with Crippen molar-refractivity contribution in [3.05, 3.63) is 30.3 Å². The minimum absolute atomic E-state index is 0.0486. The predicted molar refractivity (Wildman–Crippen MR) is 95.8 cm³/mol. The first kappa shape index (κ1) is 17.5. The molecule has 3 unspecified atom stereocenters. The molecule has 2 heterocycles. The van der Waals surface area contributed by atoms with Gasteiger partial charge >= 0.3 is 0 Å². The molecular formula is C18H26N6O. The Hall–Kier alpha value is -2.28. The average molecular weight is 342 g/mol. The van der Waals surface area contributed by atoms with Crippen LogP contribution in [0, 0.1) is 5.92 Å². The minimum atomic E-state index is -0.473. The third-order valence-corrected chi connectivity index (χ3v) is 4.70. The number of hydrogen-bond acceptors (Lipinski definition) is 5. The summed E-state index contributed by atoms with van der Waals surface area (Å²) >= 11 is 0. The molecule has 1 aliphatic heterocycles. The number of tetrazole rings is 1. The Kier molecular flexibility index (Phi) is 5.43. The Morgan fingerprint density at radius 1 is 1.32 bits per heavy atom. The molecule has 1 fully saturated rings. The highest BCUT2D eigenvalue weighted by atomic mass is 16.2. The van der Waals surface area contributed by atoms with Crippen LogP contribution in [-0.4, -0.2) is 44.7 Å². The summed E-state index contributed by atoms with van der Waals surface area (Å²) in [6.45, 7) is 7.11. The lowest BCUT2D eigenvalue weighted by atomic mass is 9.98. The highest BCUT2D eigenvalue weighted by Gasteiger charge is 2.31. The molecule has 0 aliphatic carbocycles. The lowest BCUT2D eigenvalue weighted by Gasteiger charge is -2.32. The number of nitrogens with zero attached hydrogens (tertiary/aromatic N) is 4. The lowest BCUT2D eigenvalue weighted by molar-refractivity contribution is -0.127. The largest absolute Gasteiger partial charge is 0.350 e. The normalized spacial score (nSPS) is 21.9. The topological polar surface area (TPSA) is 84.7 Å². The zero-order valence-electron chi connectivity index (χ0n) is 15.0. The van der Waals surface area contributed by atoms with Crippen molar-refractivity contribution in [3.63, 3.8) is 0 Å². The molecule has 1 aromatic heterocycles. The van der Waals surface area contributed by atoms with E-state index in [2.05, 4.69) is 33.0 Å². The zero-order valence-corrected chi connectivity index (χ0v) is 15.0. The van der Waals surface area contributed by atoms with Gasteiger partial charge in [-0.25, -0.2) is 0 Å². The van der Waals surface area contributed by atoms with E-state index in [4.69, 9.17) is 0 Å². The maximum absolute atomic E-state index is 12.9. The van der Waals surface area contributed by atoms with Crippen LogP contribution in [0.25, 0.3) is 11.4 Å². The van der Waals surface area contributed by atoms with Gasteiger partial charge in [0.15, 0.2) is 6.04 Å². The van der Waals surface area contributed by atoms with Gasteiger partial charge in [0.05, 0.1) is 0 Å². The van der Waals surface area contributed by atoms with Crippen molar-refractivity contribution >= 4 is 5.91 Å². The third-order valence-electron chi connectivity index (χ3n) is 4.70. The molecule has 1 aliphatic rings. The van der Waals surface area contributed by atoms with Crippen LogP contribution >= 0.6 is 0 Å². The van der Waals surface area contributed by atoms with E-state index in [-0.39, 0.29) is 23.9 Å². The quantitative estimate of drug-likeness (QED) is 0.865. The second kappa shape index (κ2) is 7.74. The van der Waals surface area contributed by atoms with Gasteiger partial charge in [-0.05, 0) is 37.4 Å². The molecule has 0 saturated carbocycles. The molecule has 0 radical (unpaired) electrons. The number of amides is 1. The summed E-state index contributed by atoms with van der Waals surface area (Å²) in [5.74, 6) is 0.545. The summed E-state index contributed by atoms with van der Waals surface area (Å²) in [6, 6.07) is 9.60. The van der Waals surface area contributed by atoms with Gasteiger partial charge in [0.2, 0.25) is 11.7 Å². The molecule has 1 amide bonds. The van der Waals surface area contributed by atoms with E-state index in [1.807, 2.05) is 44.2 Å². The van der Waals surface area contributed by atoms with Gasteiger partial charge in [0.1, 0.15) is 0 Å². The van der Waals surface area contributed by atoms with Crippen molar-refractivity contribution in [3.8, 4) is 11.4 Å². The Balaban J connectivity index is 1.77. The van der Waals surface area contributed by atoms with E-state index in [0.29, 0.717) is 5.82 Å². The Morgan fingerprint density at radius 3 is 2.76 bits per heavy atom. The van der Waals surface area contributed by atoms with Crippen LogP contribution in [0.3, 0.4) is 0 Å². The highest BCUT2D eigenvalue weighted by Crippen LogP contribution is 2.20. The first-order valence-electron chi connectivity index (χ1n) is 8.95. The fourth-order valence-electron chi connectivity index (χ4n) is 3.23. The highest BCUT2D eigenvalue weighted by molar-refractivity contribution is 5.80. The van der Waals surface area contributed by atoms with Gasteiger partial charge in [0.25, 0.3) is 0 Å². The number of carbonyl (C=O) groups excluding carboxylic acids is 1. The van der Waals surface area contributed by atoms with Crippen LogP contribution < -0.4 is 10.6 Å². The lowest BCUT2D eigenvalue weighted by Crippen LogP contribution is -2.53. The first-order valence-corrected chi connectivity index (χ1v) is 8.95. The maximum Gasteiger partial charge on any atom is 0.247 e. The molecular weight excluding hydrogens is 316 g/mol. The molecule has 0 spiro atoms. The molecule has 2 N–H and O–H groups in total. The smallest absolute Gasteiger partial charge is 0.247 e. The Morgan fingerprint density at radius 2 is 2.08 bits per heavy atom. The summed E-state index contributed by atoms with van der Waals surface area (Å²) in [4.78, 5) is 14.3. The SMILES string of the molecule is CC(C)C(C(=O)NC1CCCNC1C)n1nnc(-c2ccccc2)n1. The van der Waals surface area contributed by atoms with Crippen LogP contribution in [0.5, 0.6) is 0 Å². The fraction of sp³-hybridized carbons (Fsp3) is 0.556. The van der Waals surface area contributed by atoms with Crippen molar-refractivity contribution in [2.75, 3.05) is 6.54 Å². The number of hydrogen-bond donors (Lipinski definition) is 2. The molecule has 3 rings (SSSR count). The monoisotopic (exact) mass is 342 g/mol. The summed E-state index contributed by atoms with van der Waals surface area (Å²) in [6.07, 6.45) is 2.06. The summed E-state index contributed by atoms with van der Waals surface area (Å²) in [5, 5.41) is 19.3. The fourth-order valence-corrected chi connectivity index (χ4v) is 3.23. The Bertz CT molecular complexity index is 699. The Labute approximate surface area is 148 Å². The average Bonchev–Trinajstić information content (AvgIpc) is 3.07. The minimum Gasteiger partial charge on any atom is -0.350 e. The number of aromatic nitrogens is 4. The second-order valence-electron chi connectivity index (χ2n) is 6.99. The number of piperidine rings is 1. The van der Waals surface area contributed by atoms with E-state index in [1.54, 1.807) is 0 Å². The second-order valence-corrected chi connectivity index (χ2v) is 6.99. The molecule has 25 heavy (non-hydrogen) atoms. The molecule has 3 atom stereocenters. The summed E-state index contributed by atoms with van der Waals surface area (Å²) < 4.78 is 0. The standard InChI is InChI=1S/C18H26N6O/c1-12(2)16(18(25)20-15-10-7-11-19-13(15)3)24-22-17(21-23-24)14-8-5-4-6-9-14/h4-6,8-9,12-13,15-16,19H,7,10-11H2,1-3H3,(H,20,25). The third kappa shape index (κ3) is 4.04. The number of carbonyl (C=O) groups is 1.